The van der Waals surface area contributed by atoms with Crippen molar-refractivity contribution in [3.8, 4) is 0 Å². The summed E-state index contributed by atoms with van der Waals surface area (Å²) in [5.74, 6) is -0.164. The van der Waals surface area contributed by atoms with Crippen LogP contribution in [0.4, 0.5) is 0 Å². The highest BCUT2D eigenvalue weighted by molar-refractivity contribution is 6.26. The van der Waals surface area contributed by atoms with Crippen LogP contribution < -0.4 is 0 Å². The van der Waals surface area contributed by atoms with Crippen LogP contribution in [0.3, 0.4) is 0 Å². The van der Waals surface area contributed by atoms with Gasteiger partial charge in [-0.1, -0.05) is 37.5 Å². The first kappa shape index (κ1) is 10.6. The van der Waals surface area contributed by atoms with Crippen molar-refractivity contribution in [1.82, 2.24) is 0 Å². The topological polar surface area (TPSA) is 37.3 Å². The highest BCUT2D eigenvalue weighted by Crippen LogP contribution is 2.38. The van der Waals surface area contributed by atoms with E-state index in [1.165, 1.54) is 37.7 Å². The Bertz CT molecular complexity index is 494. The highest BCUT2D eigenvalue weighted by Gasteiger charge is 2.24. The number of benzene rings is 1. The molecule has 3 rings (SSSR count). The Labute approximate surface area is 101 Å². The van der Waals surface area contributed by atoms with Gasteiger partial charge < -0.3 is 5.11 Å². The van der Waals surface area contributed by atoms with Gasteiger partial charge in [0.25, 0.3) is 0 Å². The number of carboxylic acids is 1. The van der Waals surface area contributed by atoms with Crippen molar-refractivity contribution in [3.63, 3.8) is 0 Å². The number of hydrogen-bond acceptors (Lipinski definition) is 1. The molecule has 0 aromatic heterocycles. The molecule has 0 amide bonds. The molecule has 1 saturated carbocycles. The van der Waals surface area contributed by atoms with Crippen LogP contribution in [-0.2, 0) is 4.79 Å². The third-order valence-corrected chi connectivity index (χ3v) is 3.97. The molecular formula is C15H16O2. The Hall–Kier alpha value is -1.57. The second kappa shape index (κ2) is 4.02. The largest absolute Gasteiger partial charge is 0.478 e. The number of rotatable bonds is 2. The Morgan fingerprint density at radius 1 is 1.18 bits per heavy atom. The molecule has 2 nitrogen and oxygen atoms in total. The summed E-state index contributed by atoms with van der Waals surface area (Å²) in [4.78, 5) is 11.0. The maximum atomic E-state index is 11.0. The van der Waals surface area contributed by atoms with E-state index < -0.39 is 5.97 Å². The number of carboxylic acid groups (broad SMARTS) is 1. The SMILES string of the molecule is O=C(O)C1=Cc2ccc(C3CCCCC3)cc21. The number of fused-ring (bicyclic) bond motifs is 1. The van der Waals surface area contributed by atoms with Crippen LogP contribution in [0.15, 0.2) is 18.2 Å². The zero-order chi connectivity index (χ0) is 11.8. The molecule has 0 spiro atoms. The average Bonchev–Trinajstić information content (AvgIpc) is 2.31. The summed E-state index contributed by atoms with van der Waals surface area (Å²) in [7, 11) is 0. The summed E-state index contributed by atoms with van der Waals surface area (Å²) >= 11 is 0. The van der Waals surface area contributed by atoms with E-state index >= 15 is 0 Å². The lowest BCUT2D eigenvalue weighted by atomic mass is 9.80. The number of carbonyl (C=O) groups is 1. The fraction of sp³-hybridized carbons (Fsp3) is 0.400. The van der Waals surface area contributed by atoms with Gasteiger partial charge in [-0.15, -0.1) is 0 Å². The van der Waals surface area contributed by atoms with Gasteiger partial charge in [-0.05, 0) is 41.5 Å². The molecule has 88 valence electrons. The van der Waals surface area contributed by atoms with Gasteiger partial charge in [0.05, 0.1) is 5.57 Å². The monoisotopic (exact) mass is 228 g/mol. The number of hydrogen-bond donors (Lipinski definition) is 1. The predicted molar refractivity (Wildman–Crippen MR) is 67.8 cm³/mol. The van der Waals surface area contributed by atoms with E-state index in [0.717, 1.165) is 11.1 Å². The minimum Gasteiger partial charge on any atom is -0.478 e. The summed E-state index contributed by atoms with van der Waals surface area (Å²) in [5, 5.41) is 9.01. The molecule has 0 saturated heterocycles. The normalized spacial score (nSPS) is 19.2. The van der Waals surface area contributed by atoms with Gasteiger partial charge in [0.1, 0.15) is 0 Å². The van der Waals surface area contributed by atoms with Crippen molar-refractivity contribution in [1.29, 1.82) is 0 Å². The summed E-state index contributed by atoms with van der Waals surface area (Å²) < 4.78 is 0. The Kier molecular flexibility index (Phi) is 2.50. The molecule has 1 N–H and O–H groups in total. The van der Waals surface area contributed by atoms with Crippen molar-refractivity contribution in [2.45, 2.75) is 38.0 Å². The summed E-state index contributed by atoms with van der Waals surface area (Å²) in [5.41, 5.74) is 3.80. The molecule has 17 heavy (non-hydrogen) atoms. The van der Waals surface area contributed by atoms with E-state index in [1.807, 2.05) is 0 Å². The van der Waals surface area contributed by atoms with Gasteiger partial charge in [0.2, 0.25) is 0 Å². The Morgan fingerprint density at radius 3 is 2.65 bits per heavy atom. The van der Waals surface area contributed by atoms with Crippen LogP contribution in [0.5, 0.6) is 0 Å². The standard InChI is InChI=1S/C15H16O2/c16-15(17)14-9-12-7-6-11(8-13(12)14)10-4-2-1-3-5-10/h6-10H,1-5H2,(H,16,17). The fourth-order valence-electron chi connectivity index (χ4n) is 2.96. The molecule has 1 aromatic carbocycles. The zero-order valence-corrected chi connectivity index (χ0v) is 9.78. The first-order valence-electron chi connectivity index (χ1n) is 6.35. The lowest BCUT2D eigenvalue weighted by Crippen LogP contribution is -2.11. The maximum Gasteiger partial charge on any atom is 0.336 e. The first-order valence-corrected chi connectivity index (χ1v) is 6.35. The van der Waals surface area contributed by atoms with Crippen LogP contribution in [0.25, 0.3) is 11.6 Å². The molecule has 0 unspecified atom stereocenters. The minimum absolute atomic E-state index is 0.470. The molecule has 1 fully saturated rings. The zero-order valence-electron chi connectivity index (χ0n) is 9.78. The Morgan fingerprint density at radius 2 is 1.94 bits per heavy atom. The predicted octanol–water partition coefficient (Wildman–Crippen LogP) is 3.67. The van der Waals surface area contributed by atoms with Crippen molar-refractivity contribution in [2.75, 3.05) is 0 Å². The summed E-state index contributed by atoms with van der Waals surface area (Å²) in [6, 6.07) is 6.32. The molecule has 0 atom stereocenters. The molecule has 2 heteroatoms. The molecule has 0 radical (unpaired) electrons. The second-order valence-electron chi connectivity index (χ2n) is 5.04. The molecule has 1 aromatic rings. The van der Waals surface area contributed by atoms with E-state index in [4.69, 9.17) is 5.11 Å². The molecule has 0 bridgehead atoms. The third-order valence-electron chi connectivity index (χ3n) is 3.97. The van der Waals surface area contributed by atoms with Crippen LogP contribution >= 0.6 is 0 Å². The first-order chi connectivity index (χ1) is 8.25. The van der Waals surface area contributed by atoms with Crippen LogP contribution in [0.2, 0.25) is 0 Å². The molecule has 0 heterocycles. The van der Waals surface area contributed by atoms with Crippen molar-refractivity contribution in [2.24, 2.45) is 0 Å². The summed E-state index contributed by atoms with van der Waals surface area (Å²) in [6.07, 6.45) is 8.23. The van der Waals surface area contributed by atoms with E-state index in [9.17, 15) is 4.79 Å². The van der Waals surface area contributed by atoms with E-state index in [2.05, 4.69) is 18.2 Å². The smallest absolute Gasteiger partial charge is 0.336 e. The quantitative estimate of drug-likeness (QED) is 0.838. The summed E-state index contributed by atoms with van der Waals surface area (Å²) in [6.45, 7) is 0. The number of aliphatic carboxylic acids is 1. The lowest BCUT2D eigenvalue weighted by Gasteiger charge is -2.25. The van der Waals surface area contributed by atoms with Crippen molar-refractivity contribution < 1.29 is 9.90 Å². The third kappa shape index (κ3) is 1.78. The molecule has 0 aliphatic heterocycles. The maximum absolute atomic E-state index is 11.0. The van der Waals surface area contributed by atoms with E-state index in [-0.39, 0.29) is 0 Å². The average molecular weight is 228 g/mol. The van der Waals surface area contributed by atoms with Crippen LogP contribution in [-0.4, -0.2) is 11.1 Å². The van der Waals surface area contributed by atoms with E-state index in [1.54, 1.807) is 6.08 Å². The minimum atomic E-state index is -0.807. The molecule has 2 aliphatic rings. The molecule has 2 aliphatic carbocycles. The van der Waals surface area contributed by atoms with Gasteiger partial charge in [-0.25, -0.2) is 4.79 Å². The lowest BCUT2D eigenvalue weighted by molar-refractivity contribution is -0.130. The van der Waals surface area contributed by atoms with Gasteiger partial charge in [-0.3, -0.25) is 0 Å². The van der Waals surface area contributed by atoms with Gasteiger partial charge in [-0.2, -0.15) is 0 Å². The fourth-order valence-corrected chi connectivity index (χ4v) is 2.96. The molecular weight excluding hydrogens is 212 g/mol. The van der Waals surface area contributed by atoms with Crippen molar-refractivity contribution in [3.05, 3.63) is 34.9 Å². The van der Waals surface area contributed by atoms with E-state index in [0.29, 0.717) is 11.5 Å². The van der Waals surface area contributed by atoms with Crippen LogP contribution in [0.1, 0.15) is 54.7 Å². The van der Waals surface area contributed by atoms with Gasteiger partial charge >= 0.3 is 5.97 Å². The van der Waals surface area contributed by atoms with Crippen LogP contribution in [0, 0.1) is 0 Å². The van der Waals surface area contributed by atoms with Gasteiger partial charge in [0, 0.05) is 0 Å². The van der Waals surface area contributed by atoms with Crippen molar-refractivity contribution >= 4 is 17.6 Å². The highest BCUT2D eigenvalue weighted by atomic mass is 16.4. The Balaban J connectivity index is 1.87. The van der Waals surface area contributed by atoms with Gasteiger partial charge in [0.15, 0.2) is 0 Å². The second-order valence-corrected chi connectivity index (χ2v) is 5.04.